The Bertz CT molecular complexity index is 895. The van der Waals surface area contributed by atoms with Crippen molar-refractivity contribution in [1.82, 2.24) is 15.1 Å². The Morgan fingerprint density at radius 1 is 1.30 bits per heavy atom. The highest BCUT2D eigenvalue weighted by Gasteiger charge is 2.20. The van der Waals surface area contributed by atoms with Crippen LogP contribution in [-0.2, 0) is 0 Å². The summed E-state index contributed by atoms with van der Waals surface area (Å²) in [7, 11) is 1.55. The van der Waals surface area contributed by atoms with E-state index >= 15 is 0 Å². The first-order valence-electron chi connectivity index (χ1n) is 6.65. The zero-order valence-corrected chi connectivity index (χ0v) is 14.5. The lowest BCUT2D eigenvalue weighted by atomic mass is 10.2. The number of nitrogens with zero attached hydrogens (tertiary/aromatic N) is 2. The first-order valence-corrected chi connectivity index (χ1v) is 7.89. The lowest BCUT2D eigenvalue weighted by molar-refractivity contribution is 0.0957. The van der Waals surface area contributed by atoms with Crippen LogP contribution in [-0.4, -0.2) is 22.7 Å². The molecule has 0 saturated heterocycles. The molecular formula is C15H12BrFN4OS. The second-order valence-electron chi connectivity index (χ2n) is 4.78. The highest BCUT2D eigenvalue weighted by Crippen LogP contribution is 2.31. The Morgan fingerprint density at radius 2 is 2.00 bits per heavy atom. The molecule has 3 aromatic rings. The summed E-state index contributed by atoms with van der Waals surface area (Å²) in [5.74, 6) is -0.633. The van der Waals surface area contributed by atoms with Gasteiger partial charge in [-0.05, 0) is 52.3 Å². The Hall–Kier alpha value is -2.06. The van der Waals surface area contributed by atoms with E-state index in [2.05, 4.69) is 43.9 Å². The number of aromatic nitrogens is 2. The molecule has 5 nitrogen and oxygen atoms in total. The smallest absolute Gasteiger partial charge is 0.270 e. The van der Waals surface area contributed by atoms with Crippen LogP contribution in [0.5, 0.6) is 0 Å². The maximum atomic E-state index is 13.2. The number of rotatable bonds is 3. The largest absolute Gasteiger partial charge is 0.354 e. The minimum absolute atomic E-state index is 0.282. The fraction of sp³-hybridized carbons (Fsp3) is 0.0667. The van der Waals surface area contributed by atoms with E-state index in [1.807, 2.05) is 0 Å². The molecule has 0 saturated carbocycles. The molecule has 0 radical (unpaired) electrons. The van der Waals surface area contributed by atoms with E-state index in [0.717, 1.165) is 10.2 Å². The number of carbonyl (C=O) groups is 1. The van der Waals surface area contributed by atoms with Crippen molar-refractivity contribution in [2.45, 2.75) is 0 Å². The Kier molecular flexibility index (Phi) is 4.27. The number of hydrogen-bond acceptors (Lipinski definition) is 4. The van der Waals surface area contributed by atoms with Crippen LogP contribution in [0.15, 0.2) is 40.9 Å². The lowest BCUT2D eigenvalue weighted by Crippen LogP contribution is -2.21. The summed E-state index contributed by atoms with van der Waals surface area (Å²) in [6, 6.07) is 9.36. The van der Waals surface area contributed by atoms with Crippen molar-refractivity contribution in [3.8, 4) is 5.69 Å². The van der Waals surface area contributed by atoms with Crippen molar-refractivity contribution in [2.75, 3.05) is 11.8 Å². The third-order valence-electron chi connectivity index (χ3n) is 3.39. The zero-order chi connectivity index (χ0) is 16.6. The number of carbonyl (C=O) groups excluding carboxylic acids is 1. The molecule has 0 aliphatic heterocycles. The lowest BCUT2D eigenvalue weighted by Gasteiger charge is -2.07. The molecule has 0 aliphatic rings. The summed E-state index contributed by atoms with van der Waals surface area (Å²) in [5.41, 5.74) is 2.32. The summed E-state index contributed by atoms with van der Waals surface area (Å²) in [6.07, 6.45) is 0. The van der Waals surface area contributed by atoms with Crippen molar-refractivity contribution >= 4 is 51.2 Å². The molecule has 1 aromatic heterocycles. The van der Waals surface area contributed by atoms with Gasteiger partial charge in [0.05, 0.1) is 16.9 Å². The first kappa shape index (κ1) is 15.8. The summed E-state index contributed by atoms with van der Waals surface area (Å²) in [5, 5.41) is 7.75. The fourth-order valence-electron chi connectivity index (χ4n) is 2.30. The third-order valence-corrected chi connectivity index (χ3v) is 4.29. The number of hydrogen-bond donors (Lipinski definition) is 3. The number of fused-ring (bicyclic) bond motifs is 1. The molecule has 2 aromatic carbocycles. The highest BCUT2D eigenvalue weighted by atomic mass is 79.9. The van der Waals surface area contributed by atoms with Crippen molar-refractivity contribution in [3.05, 3.63) is 52.4 Å². The molecule has 2 N–H and O–H groups in total. The van der Waals surface area contributed by atoms with Crippen molar-refractivity contribution in [2.24, 2.45) is 0 Å². The predicted molar refractivity (Wildman–Crippen MR) is 94.7 cm³/mol. The van der Waals surface area contributed by atoms with Gasteiger partial charge in [-0.15, -0.1) is 0 Å². The second kappa shape index (κ2) is 6.21. The van der Waals surface area contributed by atoms with Gasteiger partial charge in [-0.2, -0.15) is 5.10 Å². The highest BCUT2D eigenvalue weighted by molar-refractivity contribution is 9.10. The zero-order valence-electron chi connectivity index (χ0n) is 12.0. The summed E-state index contributed by atoms with van der Waals surface area (Å²) >= 11 is 7.47. The van der Waals surface area contributed by atoms with Crippen molar-refractivity contribution < 1.29 is 9.18 Å². The molecule has 0 spiro atoms. The van der Waals surface area contributed by atoms with E-state index in [-0.39, 0.29) is 11.7 Å². The average molecular weight is 395 g/mol. The Labute approximate surface area is 145 Å². The second-order valence-corrected chi connectivity index (χ2v) is 5.85. The van der Waals surface area contributed by atoms with E-state index in [4.69, 9.17) is 0 Å². The molecule has 23 heavy (non-hydrogen) atoms. The van der Waals surface area contributed by atoms with E-state index < -0.39 is 0 Å². The van der Waals surface area contributed by atoms with Gasteiger partial charge in [-0.1, -0.05) is 12.8 Å². The van der Waals surface area contributed by atoms with E-state index in [0.29, 0.717) is 22.3 Å². The van der Waals surface area contributed by atoms with Crippen LogP contribution in [0.25, 0.3) is 16.6 Å². The van der Waals surface area contributed by atoms with E-state index in [1.165, 1.54) is 16.8 Å². The number of benzene rings is 2. The monoisotopic (exact) mass is 394 g/mol. The molecule has 0 fully saturated rings. The minimum atomic E-state index is -0.351. The molecule has 0 aliphatic carbocycles. The molecule has 0 atom stereocenters. The van der Waals surface area contributed by atoms with Crippen molar-refractivity contribution in [1.29, 1.82) is 0 Å². The number of amides is 1. The number of anilines is 1. The minimum Gasteiger partial charge on any atom is -0.354 e. The molecular weight excluding hydrogens is 383 g/mol. The maximum Gasteiger partial charge on any atom is 0.270 e. The van der Waals surface area contributed by atoms with Crippen molar-refractivity contribution in [3.63, 3.8) is 0 Å². The Balaban J connectivity index is 2.31. The molecule has 1 heterocycles. The third kappa shape index (κ3) is 2.79. The van der Waals surface area contributed by atoms with Gasteiger partial charge >= 0.3 is 0 Å². The number of halogens is 2. The molecule has 8 heteroatoms. The van der Waals surface area contributed by atoms with Gasteiger partial charge in [0.15, 0.2) is 0 Å². The van der Waals surface area contributed by atoms with Crippen LogP contribution in [0.3, 0.4) is 0 Å². The molecule has 1 amide bonds. The van der Waals surface area contributed by atoms with Gasteiger partial charge in [-0.25, -0.2) is 9.07 Å². The fourth-order valence-corrected chi connectivity index (χ4v) is 3.08. The number of nitrogens with one attached hydrogen (secondary N) is 2. The Morgan fingerprint density at radius 3 is 2.61 bits per heavy atom. The molecule has 118 valence electrons. The van der Waals surface area contributed by atoms with E-state index in [9.17, 15) is 9.18 Å². The van der Waals surface area contributed by atoms with Crippen LogP contribution in [0.2, 0.25) is 0 Å². The van der Waals surface area contributed by atoms with Gasteiger partial charge in [0.25, 0.3) is 5.91 Å². The summed E-state index contributed by atoms with van der Waals surface area (Å²) in [4.78, 5) is 12.3. The summed E-state index contributed by atoms with van der Waals surface area (Å²) in [6.45, 7) is 0. The van der Waals surface area contributed by atoms with Gasteiger partial charge in [0.1, 0.15) is 11.5 Å². The maximum absolute atomic E-state index is 13.2. The van der Waals surface area contributed by atoms with Gasteiger partial charge in [-0.3, -0.25) is 4.79 Å². The predicted octanol–water partition coefficient (Wildman–Crippen LogP) is 3.54. The van der Waals surface area contributed by atoms with Crippen LogP contribution < -0.4 is 10.0 Å². The van der Waals surface area contributed by atoms with Gasteiger partial charge in [0, 0.05) is 16.9 Å². The van der Waals surface area contributed by atoms with Crippen LogP contribution >= 0.6 is 28.7 Å². The SMILES string of the molecule is CNC(=O)c1c2cc(Br)c(NS)cc2nn1-c1ccc(F)cc1. The first-order chi connectivity index (χ1) is 11.0. The van der Waals surface area contributed by atoms with Crippen LogP contribution in [0.4, 0.5) is 10.1 Å². The molecule has 3 rings (SSSR count). The quantitative estimate of drug-likeness (QED) is 0.595. The van der Waals surface area contributed by atoms with Gasteiger partial charge in [0.2, 0.25) is 0 Å². The summed E-state index contributed by atoms with van der Waals surface area (Å²) < 4.78 is 18.2. The standard InChI is InChI=1S/C15H12BrFN4OS/c1-18-15(22)14-10-6-11(16)13(20-23)7-12(10)19-21(14)9-4-2-8(17)3-5-9/h2-7,20,23H,1H3,(H,18,22). The average Bonchev–Trinajstić information content (AvgIpc) is 2.92. The number of thiol groups is 1. The normalized spacial score (nSPS) is 10.8. The molecule has 0 unspecified atom stereocenters. The van der Waals surface area contributed by atoms with Crippen LogP contribution in [0, 0.1) is 5.82 Å². The van der Waals surface area contributed by atoms with Crippen LogP contribution in [0.1, 0.15) is 10.5 Å². The van der Waals surface area contributed by atoms with E-state index in [1.54, 1.807) is 31.3 Å². The topological polar surface area (TPSA) is 59.0 Å². The molecule has 0 bridgehead atoms. The van der Waals surface area contributed by atoms with Gasteiger partial charge < -0.3 is 10.0 Å².